The van der Waals surface area contributed by atoms with Crippen LogP contribution in [-0.4, -0.2) is 34.9 Å². The van der Waals surface area contributed by atoms with Crippen molar-refractivity contribution in [1.29, 1.82) is 0 Å². The highest BCUT2D eigenvalue weighted by Gasteiger charge is 2.32. The summed E-state index contributed by atoms with van der Waals surface area (Å²) in [5, 5.41) is 7.11. The molecule has 1 amide bonds. The van der Waals surface area contributed by atoms with Gasteiger partial charge in [-0.1, -0.05) is 12.8 Å². The summed E-state index contributed by atoms with van der Waals surface area (Å²) in [5.41, 5.74) is -0.164. The van der Waals surface area contributed by atoms with Crippen LogP contribution in [-0.2, 0) is 9.53 Å². The molecule has 3 rings (SSSR count). The molecule has 1 aromatic heterocycles. The molecule has 1 saturated heterocycles. The van der Waals surface area contributed by atoms with E-state index in [2.05, 4.69) is 10.4 Å². The van der Waals surface area contributed by atoms with Crippen LogP contribution < -0.4 is 10.9 Å². The van der Waals surface area contributed by atoms with Gasteiger partial charge in [0.2, 0.25) is 5.91 Å². The first-order valence-corrected chi connectivity index (χ1v) is 7.65. The zero-order chi connectivity index (χ0) is 14.7. The first-order chi connectivity index (χ1) is 10.2. The summed E-state index contributed by atoms with van der Waals surface area (Å²) in [6.07, 6.45) is 6.93. The van der Waals surface area contributed by atoms with Gasteiger partial charge in [0.25, 0.3) is 5.56 Å². The minimum Gasteiger partial charge on any atom is -0.377 e. The van der Waals surface area contributed by atoms with Gasteiger partial charge in [0.1, 0.15) is 6.04 Å². The highest BCUT2D eigenvalue weighted by atomic mass is 16.5. The zero-order valence-corrected chi connectivity index (χ0v) is 12.0. The number of aromatic nitrogens is 2. The lowest BCUT2D eigenvalue weighted by Crippen LogP contribution is -2.44. The lowest BCUT2D eigenvalue weighted by atomic mass is 10.0. The van der Waals surface area contributed by atoms with E-state index >= 15 is 0 Å². The van der Waals surface area contributed by atoms with Gasteiger partial charge in [-0.25, -0.2) is 4.68 Å². The molecule has 6 heteroatoms. The zero-order valence-electron chi connectivity index (χ0n) is 12.0. The van der Waals surface area contributed by atoms with Crippen LogP contribution in [0.15, 0.2) is 23.1 Å². The van der Waals surface area contributed by atoms with E-state index in [9.17, 15) is 9.59 Å². The highest BCUT2D eigenvalue weighted by molar-refractivity contribution is 5.76. The van der Waals surface area contributed by atoms with E-state index in [1.54, 1.807) is 12.3 Å². The molecule has 2 aliphatic rings. The van der Waals surface area contributed by atoms with E-state index in [4.69, 9.17) is 4.74 Å². The van der Waals surface area contributed by atoms with Crippen molar-refractivity contribution in [3.05, 3.63) is 28.7 Å². The Morgan fingerprint density at radius 2 is 2.19 bits per heavy atom. The molecule has 1 saturated carbocycles. The molecule has 0 bridgehead atoms. The van der Waals surface area contributed by atoms with Crippen molar-refractivity contribution in [2.75, 3.05) is 13.2 Å². The molecule has 0 radical (unpaired) electrons. The van der Waals surface area contributed by atoms with Crippen LogP contribution in [0.4, 0.5) is 0 Å². The number of carbonyl (C=O) groups excluding carboxylic acids is 1. The number of hydrogen-bond acceptors (Lipinski definition) is 4. The van der Waals surface area contributed by atoms with Gasteiger partial charge in [-0.3, -0.25) is 9.59 Å². The fraction of sp³-hybridized carbons (Fsp3) is 0.667. The van der Waals surface area contributed by atoms with Gasteiger partial charge in [-0.05, 0) is 24.8 Å². The molecular formula is C15H21N3O3. The standard InChI is InChI=1S/C15H21N3O3/c19-14(8-11-4-1-2-5-11)17-12-9-21-10-13(12)18-15(20)6-3-7-16-18/h3,6-7,11-13H,1-2,4-5,8-10H2,(H,17,19). The van der Waals surface area contributed by atoms with Crippen molar-refractivity contribution in [2.45, 2.75) is 44.2 Å². The lowest BCUT2D eigenvalue weighted by molar-refractivity contribution is -0.122. The summed E-state index contributed by atoms with van der Waals surface area (Å²) < 4.78 is 6.85. The molecule has 2 unspecified atom stereocenters. The van der Waals surface area contributed by atoms with Crippen LogP contribution in [0.2, 0.25) is 0 Å². The van der Waals surface area contributed by atoms with Crippen molar-refractivity contribution >= 4 is 5.91 Å². The SMILES string of the molecule is O=C(CC1CCCC1)NC1COCC1n1ncccc1=O. The van der Waals surface area contributed by atoms with Crippen LogP contribution in [0.5, 0.6) is 0 Å². The Morgan fingerprint density at radius 1 is 1.38 bits per heavy atom. The molecule has 2 fully saturated rings. The first kappa shape index (κ1) is 14.3. The predicted molar refractivity (Wildman–Crippen MR) is 76.9 cm³/mol. The molecule has 114 valence electrons. The van der Waals surface area contributed by atoms with Crippen molar-refractivity contribution in [2.24, 2.45) is 5.92 Å². The maximum Gasteiger partial charge on any atom is 0.267 e. The average Bonchev–Trinajstić information content (AvgIpc) is 3.11. The van der Waals surface area contributed by atoms with Crippen LogP contribution in [0.1, 0.15) is 38.1 Å². The van der Waals surface area contributed by atoms with E-state index in [0.717, 1.165) is 12.8 Å². The van der Waals surface area contributed by atoms with Gasteiger partial charge in [0, 0.05) is 18.7 Å². The maximum atomic E-state index is 12.1. The predicted octanol–water partition coefficient (Wildman–Crippen LogP) is 0.880. The Bertz CT molecular complexity index is 551. The number of ether oxygens (including phenoxy) is 1. The minimum absolute atomic E-state index is 0.0615. The Morgan fingerprint density at radius 3 is 2.95 bits per heavy atom. The van der Waals surface area contributed by atoms with Gasteiger partial charge < -0.3 is 10.1 Å². The van der Waals surface area contributed by atoms with Crippen molar-refractivity contribution < 1.29 is 9.53 Å². The van der Waals surface area contributed by atoms with Crippen LogP contribution in [0.3, 0.4) is 0 Å². The summed E-state index contributed by atoms with van der Waals surface area (Å²) in [4.78, 5) is 24.0. The Kier molecular flexibility index (Phi) is 4.34. The fourth-order valence-electron chi connectivity index (χ4n) is 3.28. The van der Waals surface area contributed by atoms with Gasteiger partial charge >= 0.3 is 0 Å². The number of rotatable bonds is 4. The quantitative estimate of drug-likeness (QED) is 0.893. The van der Waals surface area contributed by atoms with Gasteiger partial charge in [-0.2, -0.15) is 5.10 Å². The largest absolute Gasteiger partial charge is 0.377 e. The summed E-state index contributed by atoms with van der Waals surface area (Å²) in [7, 11) is 0. The van der Waals surface area contributed by atoms with Crippen LogP contribution in [0.25, 0.3) is 0 Å². The molecular weight excluding hydrogens is 270 g/mol. The second kappa shape index (κ2) is 6.39. The molecule has 1 N–H and O–H groups in total. The topological polar surface area (TPSA) is 73.2 Å². The Balaban J connectivity index is 1.63. The number of amides is 1. The molecule has 0 aromatic carbocycles. The summed E-state index contributed by atoms with van der Waals surface area (Å²) in [5.74, 6) is 0.578. The molecule has 1 aliphatic carbocycles. The Hall–Kier alpha value is -1.69. The average molecular weight is 291 g/mol. The van der Waals surface area contributed by atoms with E-state index in [1.807, 2.05) is 0 Å². The molecule has 2 atom stereocenters. The third kappa shape index (κ3) is 3.32. The smallest absolute Gasteiger partial charge is 0.267 e. The van der Waals surface area contributed by atoms with Crippen LogP contribution in [0, 0.1) is 5.92 Å². The maximum absolute atomic E-state index is 12.1. The second-order valence-electron chi connectivity index (χ2n) is 5.94. The van der Waals surface area contributed by atoms with Gasteiger partial charge in [-0.15, -0.1) is 0 Å². The summed E-state index contributed by atoms with van der Waals surface area (Å²) in [6, 6.07) is 2.70. The van der Waals surface area contributed by atoms with Crippen molar-refractivity contribution in [3.8, 4) is 0 Å². The number of nitrogens with one attached hydrogen (secondary N) is 1. The molecule has 21 heavy (non-hydrogen) atoms. The normalized spacial score (nSPS) is 26.1. The third-order valence-corrected chi connectivity index (χ3v) is 4.40. The lowest BCUT2D eigenvalue weighted by Gasteiger charge is -2.20. The number of carbonyl (C=O) groups is 1. The monoisotopic (exact) mass is 291 g/mol. The van der Waals surface area contributed by atoms with Crippen LogP contribution >= 0.6 is 0 Å². The number of nitrogens with zero attached hydrogens (tertiary/aromatic N) is 2. The van der Waals surface area contributed by atoms with Crippen molar-refractivity contribution in [3.63, 3.8) is 0 Å². The molecule has 0 spiro atoms. The Labute approximate surface area is 123 Å². The first-order valence-electron chi connectivity index (χ1n) is 7.65. The fourth-order valence-corrected chi connectivity index (χ4v) is 3.28. The summed E-state index contributed by atoms with van der Waals surface area (Å²) >= 11 is 0. The van der Waals surface area contributed by atoms with Gasteiger partial charge in [0.05, 0.1) is 19.3 Å². The minimum atomic E-state index is -0.216. The van der Waals surface area contributed by atoms with Gasteiger partial charge in [0.15, 0.2) is 0 Å². The molecule has 6 nitrogen and oxygen atoms in total. The molecule has 2 heterocycles. The molecule has 1 aromatic rings. The van der Waals surface area contributed by atoms with E-state index < -0.39 is 0 Å². The van der Waals surface area contributed by atoms with E-state index in [-0.39, 0.29) is 23.6 Å². The summed E-state index contributed by atoms with van der Waals surface area (Å²) in [6.45, 7) is 0.843. The van der Waals surface area contributed by atoms with E-state index in [1.165, 1.54) is 23.6 Å². The van der Waals surface area contributed by atoms with Crippen molar-refractivity contribution in [1.82, 2.24) is 15.1 Å². The van der Waals surface area contributed by atoms with E-state index in [0.29, 0.717) is 25.6 Å². The number of hydrogen-bond donors (Lipinski definition) is 1. The highest BCUT2D eigenvalue weighted by Crippen LogP contribution is 2.27. The second-order valence-corrected chi connectivity index (χ2v) is 5.94. The molecule has 1 aliphatic heterocycles. The third-order valence-electron chi connectivity index (χ3n) is 4.40.